The van der Waals surface area contributed by atoms with Crippen LogP contribution in [-0.4, -0.2) is 14.9 Å². The minimum Gasteiger partial charge on any atom is -0.468 e. The number of nitro groups is 1. The largest absolute Gasteiger partial charge is 0.468 e. The number of rotatable bonds is 5. The number of nitrogens with two attached hydrogens (primary N) is 1. The molecule has 0 bridgehead atoms. The molecule has 0 saturated heterocycles. The van der Waals surface area contributed by atoms with Crippen molar-refractivity contribution in [1.82, 2.24) is 9.97 Å². The number of hydrazine groups is 1. The summed E-state index contributed by atoms with van der Waals surface area (Å²) in [6.45, 7) is 0. The van der Waals surface area contributed by atoms with Crippen LogP contribution >= 0.6 is 11.8 Å². The van der Waals surface area contributed by atoms with Crippen LogP contribution in [-0.2, 0) is 5.75 Å². The lowest BCUT2D eigenvalue weighted by atomic mass is 10.5. The van der Waals surface area contributed by atoms with E-state index >= 15 is 0 Å². The first-order valence-corrected chi connectivity index (χ1v) is 5.82. The predicted molar refractivity (Wildman–Crippen MR) is 64.8 cm³/mol. The smallest absolute Gasteiger partial charge is 0.344 e. The SMILES string of the molecule is NNc1ncnc(SCc2ccco2)c1[N+](=O)[O-]. The molecule has 3 N–H and O–H groups in total. The number of nitrogen functional groups attached to an aromatic ring is 1. The first kappa shape index (κ1) is 12.3. The summed E-state index contributed by atoms with van der Waals surface area (Å²) in [6.07, 6.45) is 2.75. The molecule has 18 heavy (non-hydrogen) atoms. The Labute approximate surface area is 106 Å². The Morgan fingerprint density at radius 3 is 3.00 bits per heavy atom. The molecule has 0 fully saturated rings. The van der Waals surface area contributed by atoms with Crippen molar-refractivity contribution >= 4 is 23.3 Å². The van der Waals surface area contributed by atoms with Gasteiger partial charge in [-0.2, -0.15) is 0 Å². The standard InChI is InChI=1S/C9H9N5O3S/c10-13-8-7(14(15)16)9(12-5-11-8)18-4-6-2-1-3-17-6/h1-3,5H,4,10H2,(H,11,12,13). The van der Waals surface area contributed by atoms with Crippen molar-refractivity contribution in [2.45, 2.75) is 10.8 Å². The van der Waals surface area contributed by atoms with E-state index in [9.17, 15) is 10.1 Å². The fourth-order valence-electron chi connectivity index (χ4n) is 1.27. The first-order valence-electron chi connectivity index (χ1n) is 4.83. The third kappa shape index (κ3) is 2.57. The van der Waals surface area contributed by atoms with Crippen LogP contribution in [0.25, 0.3) is 0 Å². The zero-order valence-electron chi connectivity index (χ0n) is 9.07. The Bertz CT molecular complexity index is 545. The Hall–Kier alpha value is -2.13. The Morgan fingerprint density at radius 1 is 1.56 bits per heavy atom. The van der Waals surface area contributed by atoms with E-state index in [4.69, 9.17) is 10.3 Å². The van der Waals surface area contributed by atoms with Gasteiger partial charge >= 0.3 is 5.69 Å². The van der Waals surface area contributed by atoms with E-state index in [-0.39, 0.29) is 16.5 Å². The highest BCUT2D eigenvalue weighted by Gasteiger charge is 2.22. The van der Waals surface area contributed by atoms with Gasteiger partial charge in [-0.3, -0.25) is 10.1 Å². The number of furan rings is 1. The van der Waals surface area contributed by atoms with E-state index in [1.807, 2.05) is 0 Å². The molecule has 8 nitrogen and oxygen atoms in total. The average molecular weight is 267 g/mol. The molecule has 0 saturated carbocycles. The molecule has 9 heteroatoms. The maximum absolute atomic E-state index is 11.0. The summed E-state index contributed by atoms with van der Waals surface area (Å²) < 4.78 is 5.14. The molecule has 0 unspecified atom stereocenters. The second kappa shape index (κ2) is 5.47. The molecule has 0 aliphatic heterocycles. The maximum atomic E-state index is 11.0. The van der Waals surface area contributed by atoms with E-state index in [1.165, 1.54) is 24.4 Å². The number of aromatic nitrogens is 2. The summed E-state index contributed by atoms with van der Waals surface area (Å²) in [6, 6.07) is 3.53. The van der Waals surface area contributed by atoms with Gasteiger partial charge in [-0.1, -0.05) is 11.8 Å². The van der Waals surface area contributed by atoms with E-state index in [0.717, 1.165) is 0 Å². The van der Waals surface area contributed by atoms with Gasteiger partial charge in [0, 0.05) is 0 Å². The van der Waals surface area contributed by atoms with Gasteiger partial charge in [-0.05, 0) is 12.1 Å². The topological polar surface area (TPSA) is 120 Å². The monoisotopic (exact) mass is 267 g/mol. The third-order valence-electron chi connectivity index (χ3n) is 2.04. The van der Waals surface area contributed by atoms with Crippen molar-refractivity contribution in [1.29, 1.82) is 0 Å². The van der Waals surface area contributed by atoms with Crippen LogP contribution in [0, 0.1) is 10.1 Å². The Morgan fingerprint density at radius 2 is 2.39 bits per heavy atom. The lowest BCUT2D eigenvalue weighted by Crippen LogP contribution is -2.12. The number of hydrogen-bond acceptors (Lipinski definition) is 8. The van der Waals surface area contributed by atoms with Crippen LogP contribution in [0.2, 0.25) is 0 Å². The van der Waals surface area contributed by atoms with Gasteiger partial charge < -0.3 is 9.84 Å². The van der Waals surface area contributed by atoms with E-state index < -0.39 is 4.92 Å². The lowest BCUT2D eigenvalue weighted by Gasteiger charge is -2.04. The molecule has 0 amide bonds. The van der Waals surface area contributed by atoms with Crippen LogP contribution in [0.1, 0.15) is 5.76 Å². The molecule has 0 atom stereocenters. The molecule has 2 heterocycles. The summed E-state index contributed by atoms with van der Waals surface area (Å²) in [4.78, 5) is 18.0. The highest BCUT2D eigenvalue weighted by molar-refractivity contribution is 7.98. The Balaban J connectivity index is 2.24. The summed E-state index contributed by atoms with van der Waals surface area (Å²) in [5, 5.41) is 11.2. The second-order valence-electron chi connectivity index (χ2n) is 3.15. The van der Waals surface area contributed by atoms with E-state index in [1.54, 1.807) is 12.1 Å². The molecule has 0 aliphatic carbocycles. The number of anilines is 1. The average Bonchev–Trinajstić information content (AvgIpc) is 2.88. The van der Waals surface area contributed by atoms with Crippen molar-refractivity contribution in [2.24, 2.45) is 5.84 Å². The summed E-state index contributed by atoms with van der Waals surface area (Å²) >= 11 is 1.18. The highest BCUT2D eigenvalue weighted by atomic mass is 32.2. The lowest BCUT2D eigenvalue weighted by molar-refractivity contribution is -0.387. The maximum Gasteiger partial charge on any atom is 0.344 e. The first-order chi connectivity index (χ1) is 8.72. The summed E-state index contributed by atoms with van der Waals surface area (Å²) in [7, 11) is 0. The van der Waals surface area contributed by atoms with Gasteiger partial charge in [-0.15, -0.1) is 0 Å². The quantitative estimate of drug-likeness (QED) is 0.275. The number of nitrogens with zero attached hydrogens (tertiary/aromatic N) is 3. The minimum absolute atomic E-state index is 0.0167. The Kier molecular flexibility index (Phi) is 3.75. The van der Waals surface area contributed by atoms with Crippen molar-refractivity contribution in [3.63, 3.8) is 0 Å². The number of hydrogen-bond donors (Lipinski definition) is 2. The molecule has 0 spiro atoms. The van der Waals surface area contributed by atoms with Crippen LogP contribution in [0.5, 0.6) is 0 Å². The van der Waals surface area contributed by atoms with Crippen LogP contribution in [0.4, 0.5) is 11.5 Å². The van der Waals surface area contributed by atoms with E-state index in [2.05, 4.69) is 15.4 Å². The van der Waals surface area contributed by atoms with E-state index in [0.29, 0.717) is 11.5 Å². The van der Waals surface area contributed by atoms with Crippen molar-refractivity contribution in [3.05, 3.63) is 40.6 Å². The molecular weight excluding hydrogens is 258 g/mol. The zero-order valence-corrected chi connectivity index (χ0v) is 9.88. The van der Waals surface area contributed by atoms with Gasteiger partial charge in [-0.25, -0.2) is 15.8 Å². The van der Waals surface area contributed by atoms with Crippen LogP contribution in [0.15, 0.2) is 34.2 Å². The molecular formula is C9H9N5O3S. The summed E-state index contributed by atoms with van der Waals surface area (Å²) in [5.74, 6) is 6.30. The molecule has 94 valence electrons. The van der Waals surface area contributed by atoms with Gasteiger partial charge in [0.1, 0.15) is 12.1 Å². The van der Waals surface area contributed by atoms with Crippen LogP contribution in [0.3, 0.4) is 0 Å². The van der Waals surface area contributed by atoms with Gasteiger partial charge in [0.25, 0.3) is 0 Å². The molecule has 0 aliphatic rings. The predicted octanol–water partition coefficient (Wildman–Crippen LogP) is 1.56. The highest BCUT2D eigenvalue weighted by Crippen LogP contribution is 2.33. The number of thioether (sulfide) groups is 1. The summed E-state index contributed by atoms with van der Waals surface area (Å²) in [5.41, 5.74) is 1.94. The van der Waals surface area contributed by atoms with Gasteiger partial charge in [0.15, 0.2) is 5.03 Å². The third-order valence-corrected chi connectivity index (χ3v) is 3.04. The molecule has 2 aromatic rings. The normalized spacial score (nSPS) is 10.3. The van der Waals surface area contributed by atoms with Crippen LogP contribution < -0.4 is 11.3 Å². The fourth-order valence-corrected chi connectivity index (χ4v) is 2.15. The van der Waals surface area contributed by atoms with Crippen molar-refractivity contribution in [2.75, 3.05) is 5.43 Å². The fraction of sp³-hybridized carbons (Fsp3) is 0.111. The van der Waals surface area contributed by atoms with Gasteiger partial charge in [0.05, 0.1) is 16.9 Å². The van der Waals surface area contributed by atoms with Gasteiger partial charge in [0.2, 0.25) is 5.82 Å². The molecule has 0 radical (unpaired) electrons. The molecule has 2 rings (SSSR count). The van der Waals surface area contributed by atoms with Crippen molar-refractivity contribution < 1.29 is 9.34 Å². The molecule has 0 aromatic carbocycles. The second-order valence-corrected chi connectivity index (χ2v) is 4.11. The minimum atomic E-state index is -0.570. The molecule has 2 aromatic heterocycles. The van der Waals surface area contributed by atoms with Crippen molar-refractivity contribution in [3.8, 4) is 0 Å². The zero-order chi connectivity index (χ0) is 13.0. The number of nitrogens with one attached hydrogen (secondary N) is 1.